The Hall–Kier alpha value is -1.11. The molecule has 1 heterocycles. The molecule has 0 unspecified atom stereocenters. The molecular formula is C14H24N2O3S. The largest absolute Gasteiger partial charge is 0.465 e. The van der Waals surface area contributed by atoms with Crippen molar-refractivity contribution in [3.63, 3.8) is 0 Å². The van der Waals surface area contributed by atoms with E-state index in [1.165, 1.54) is 4.31 Å². The molecule has 1 aromatic rings. The molecule has 1 aromatic heterocycles. The van der Waals surface area contributed by atoms with Crippen LogP contribution in [0.25, 0.3) is 0 Å². The molecule has 0 saturated carbocycles. The van der Waals surface area contributed by atoms with Crippen molar-refractivity contribution in [1.29, 1.82) is 0 Å². The first-order chi connectivity index (χ1) is 9.27. The van der Waals surface area contributed by atoms with Crippen LogP contribution in [0.5, 0.6) is 0 Å². The lowest BCUT2D eigenvalue weighted by Gasteiger charge is -2.24. The van der Waals surface area contributed by atoms with E-state index in [0.29, 0.717) is 23.6 Å². The van der Waals surface area contributed by atoms with E-state index in [1.807, 2.05) is 13.8 Å². The van der Waals surface area contributed by atoms with Gasteiger partial charge >= 0.3 is 0 Å². The quantitative estimate of drug-likeness (QED) is 0.784. The highest BCUT2D eigenvalue weighted by Gasteiger charge is 2.33. The maximum absolute atomic E-state index is 12.9. The molecule has 0 radical (unpaired) electrons. The highest BCUT2D eigenvalue weighted by Crippen LogP contribution is 2.30. The zero-order valence-corrected chi connectivity index (χ0v) is 13.7. The molecule has 114 valence electrons. The summed E-state index contributed by atoms with van der Waals surface area (Å²) in [6.45, 7) is 11.5. The van der Waals surface area contributed by atoms with E-state index >= 15 is 0 Å². The van der Waals surface area contributed by atoms with Crippen molar-refractivity contribution >= 4 is 10.0 Å². The van der Waals surface area contributed by atoms with Crippen molar-refractivity contribution in [2.45, 2.75) is 45.2 Å². The van der Waals surface area contributed by atoms with Crippen LogP contribution in [0.15, 0.2) is 22.0 Å². The van der Waals surface area contributed by atoms with E-state index in [4.69, 9.17) is 4.42 Å². The van der Waals surface area contributed by atoms with Gasteiger partial charge in [-0.05, 0) is 34.7 Å². The Morgan fingerprint density at radius 1 is 1.35 bits per heavy atom. The van der Waals surface area contributed by atoms with Crippen molar-refractivity contribution in [1.82, 2.24) is 9.62 Å². The van der Waals surface area contributed by atoms with E-state index in [1.54, 1.807) is 27.0 Å². The van der Waals surface area contributed by atoms with Crippen LogP contribution in [-0.2, 0) is 16.6 Å². The summed E-state index contributed by atoms with van der Waals surface area (Å²) in [5.41, 5.74) is 0.694. The Labute approximate surface area is 121 Å². The summed E-state index contributed by atoms with van der Waals surface area (Å²) in [6.07, 6.45) is 1.59. The summed E-state index contributed by atoms with van der Waals surface area (Å²) >= 11 is 0. The van der Waals surface area contributed by atoms with Crippen molar-refractivity contribution in [2.24, 2.45) is 0 Å². The zero-order chi connectivity index (χ0) is 15.5. The van der Waals surface area contributed by atoms with Crippen LogP contribution in [0.4, 0.5) is 0 Å². The number of hydrogen-bond donors (Lipinski definition) is 1. The second kappa shape index (κ2) is 6.56. The van der Waals surface area contributed by atoms with Gasteiger partial charge < -0.3 is 9.73 Å². The average Bonchev–Trinajstić information content (AvgIpc) is 2.61. The van der Waals surface area contributed by atoms with Gasteiger partial charge in [0.1, 0.15) is 16.4 Å². The molecule has 1 N–H and O–H groups in total. The number of rotatable bonds is 7. The van der Waals surface area contributed by atoms with Crippen LogP contribution in [0, 0.1) is 13.8 Å². The predicted molar refractivity (Wildman–Crippen MR) is 80.2 cm³/mol. The van der Waals surface area contributed by atoms with Gasteiger partial charge in [0.05, 0.1) is 0 Å². The molecule has 0 fully saturated rings. The molecule has 0 aliphatic rings. The third-order valence-corrected chi connectivity index (χ3v) is 5.37. The van der Waals surface area contributed by atoms with Crippen LogP contribution in [0.2, 0.25) is 0 Å². The van der Waals surface area contributed by atoms with Gasteiger partial charge in [-0.25, -0.2) is 8.42 Å². The maximum atomic E-state index is 12.9. The van der Waals surface area contributed by atoms with E-state index in [9.17, 15) is 8.42 Å². The fourth-order valence-electron chi connectivity index (χ4n) is 2.26. The number of hydrogen-bond acceptors (Lipinski definition) is 4. The minimum atomic E-state index is -3.60. The third-order valence-electron chi connectivity index (χ3n) is 3.13. The molecule has 0 bridgehead atoms. The van der Waals surface area contributed by atoms with E-state index in [0.717, 1.165) is 0 Å². The number of sulfonamides is 1. The van der Waals surface area contributed by atoms with Crippen LogP contribution < -0.4 is 5.32 Å². The van der Waals surface area contributed by atoms with Gasteiger partial charge in [0.2, 0.25) is 10.0 Å². The molecule has 0 aliphatic heterocycles. The molecule has 5 nitrogen and oxygen atoms in total. The molecule has 0 aromatic carbocycles. The zero-order valence-electron chi connectivity index (χ0n) is 12.9. The first kappa shape index (κ1) is 16.9. The Morgan fingerprint density at radius 2 is 1.95 bits per heavy atom. The molecule has 0 saturated heterocycles. The van der Waals surface area contributed by atoms with Crippen molar-refractivity contribution in [3.05, 3.63) is 29.7 Å². The first-order valence-electron chi connectivity index (χ1n) is 6.63. The van der Waals surface area contributed by atoms with E-state index < -0.39 is 10.0 Å². The third kappa shape index (κ3) is 3.13. The molecule has 6 heteroatoms. The second-order valence-corrected chi connectivity index (χ2v) is 6.84. The molecule has 0 amide bonds. The van der Waals surface area contributed by atoms with Gasteiger partial charge in [0.15, 0.2) is 0 Å². The highest BCUT2D eigenvalue weighted by atomic mass is 32.2. The van der Waals surface area contributed by atoms with Crippen molar-refractivity contribution in [3.8, 4) is 0 Å². The molecule has 0 aliphatic carbocycles. The maximum Gasteiger partial charge on any atom is 0.247 e. The summed E-state index contributed by atoms with van der Waals surface area (Å²) in [7, 11) is -1.82. The number of aryl methyl sites for hydroxylation is 2. The van der Waals surface area contributed by atoms with Gasteiger partial charge in [-0.15, -0.1) is 6.58 Å². The Balaban J connectivity index is 3.44. The predicted octanol–water partition coefficient (Wildman–Crippen LogP) is 2.20. The van der Waals surface area contributed by atoms with Gasteiger partial charge in [-0.3, -0.25) is 0 Å². The highest BCUT2D eigenvalue weighted by molar-refractivity contribution is 7.89. The number of nitrogens with one attached hydrogen (secondary N) is 1. The fraction of sp³-hybridized carbons (Fsp3) is 0.571. The van der Waals surface area contributed by atoms with Crippen LogP contribution in [0.1, 0.15) is 30.9 Å². The lowest BCUT2D eigenvalue weighted by atomic mass is 10.2. The molecular weight excluding hydrogens is 276 g/mol. The van der Waals surface area contributed by atoms with Gasteiger partial charge in [-0.1, -0.05) is 6.08 Å². The summed E-state index contributed by atoms with van der Waals surface area (Å²) in [4.78, 5) is 0.278. The Kier molecular flexibility index (Phi) is 5.56. The molecule has 0 spiro atoms. The lowest BCUT2D eigenvalue weighted by Crippen LogP contribution is -2.37. The first-order valence-corrected chi connectivity index (χ1v) is 8.07. The van der Waals surface area contributed by atoms with Gasteiger partial charge in [-0.2, -0.15) is 4.31 Å². The molecule has 1 rings (SSSR count). The van der Waals surface area contributed by atoms with Crippen LogP contribution >= 0.6 is 0 Å². The minimum absolute atomic E-state index is 0.143. The molecule has 0 atom stereocenters. The monoisotopic (exact) mass is 300 g/mol. The minimum Gasteiger partial charge on any atom is -0.465 e. The smallest absolute Gasteiger partial charge is 0.247 e. The standard InChI is InChI=1S/C14H24N2O3S/c1-7-8-16(10(2)3)20(17,18)14-12(5)19-11(4)13(14)9-15-6/h7,10,15H,1,8-9H2,2-6H3. The molecule has 20 heavy (non-hydrogen) atoms. The Bertz CT molecular complexity index is 573. The fourth-order valence-corrected chi connectivity index (χ4v) is 4.28. The SMILES string of the molecule is C=CCN(C(C)C)S(=O)(=O)c1c(C)oc(C)c1CNC. The summed E-state index contributed by atoms with van der Waals surface area (Å²) in [5, 5.41) is 2.99. The number of nitrogens with zero attached hydrogens (tertiary/aromatic N) is 1. The van der Waals surface area contributed by atoms with E-state index in [2.05, 4.69) is 11.9 Å². The second-order valence-electron chi connectivity index (χ2n) is 5.01. The van der Waals surface area contributed by atoms with Crippen LogP contribution in [0.3, 0.4) is 0 Å². The van der Waals surface area contributed by atoms with E-state index in [-0.39, 0.29) is 17.5 Å². The Morgan fingerprint density at radius 3 is 2.40 bits per heavy atom. The lowest BCUT2D eigenvalue weighted by molar-refractivity contribution is 0.381. The summed E-state index contributed by atoms with van der Waals surface area (Å²) < 4.78 is 32.7. The summed E-state index contributed by atoms with van der Waals surface area (Å²) in [5.74, 6) is 1.07. The van der Waals surface area contributed by atoms with Crippen molar-refractivity contribution in [2.75, 3.05) is 13.6 Å². The van der Waals surface area contributed by atoms with Crippen molar-refractivity contribution < 1.29 is 12.8 Å². The van der Waals surface area contributed by atoms with Gasteiger partial charge in [0, 0.05) is 24.7 Å². The average molecular weight is 300 g/mol. The number of furan rings is 1. The topological polar surface area (TPSA) is 62.6 Å². The van der Waals surface area contributed by atoms with Gasteiger partial charge in [0.25, 0.3) is 0 Å². The normalized spacial score (nSPS) is 12.3. The van der Waals surface area contributed by atoms with Crippen LogP contribution in [-0.4, -0.2) is 32.4 Å². The summed E-state index contributed by atoms with van der Waals surface area (Å²) in [6, 6.07) is -0.143.